The number of carbonyl (C=O) groups excluding carboxylic acids is 1. The second kappa shape index (κ2) is 6.75. The van der Waals surface area contributed by atoms with E-state index in [1.54, 1.807) is 14.0 Å². The number of amides is 1. The molecule has 0 spiro atoms. The molecule has 2 aliphatic rings. The second-order valence-corrected chi connectivity index (χ2v) is 6.24. The minimum Gasteiger partial charge on any atom is -0.381 e. The van der Waals surface area contributed by atoms with Crippen molar-refractivity contribution in [3.63, 3.8) is 0 Å². The molecule has 1 aliphatic heterocycles. The number of nitrogens with one attached hydrogen (secondary N) is 1. The molecule has 0 aromatic carbocycles. The quantitative estimate of drug-likeness (QED) is 0.875. The van der Waals surface area contributed by atoms with Gasteiger partial charge in [-0.2, -0.15) is 4.98 Å². The fourth-order valence-electron chi connectivity index (χ4n) is 3.16. The Bertz CT molecular complexity index is 513. The number of methoxy groups -OCH3 is 1. The first-order chi connectivity index (χ1) is 10.7. The predicted molar refractivity (Wildman–Crippen MR) is 79.0 cm³/mol. The first-order valence-electron chi connectivity index (χ1n) is 8.02. The highest BCUT2D eigenvalue weighted by molar-refractivity contribution is 5.82. The minimum absolute atomic E-state index is 0.102. The topological polar surface area (TPSA) is 80.5 Å². The van der Waals surface area contributed by atoms with Crippen molar-refractivity contribution >= 4 is 5.91 Å². The summed E-state index contributed by atoms with van der Waals surface area (Å²) in [6.45, 7) is 2.94. The lowest BCUT2D eigenvalue weighted by Gasteiger charge is -2.37. The van der Waals surface area contributed by atoms with Crippen molar-refractivity contribution in [3.8, 4) is 0 Å². The standard InChI is InChI=1S/C15H24N4O3/c1-10-16-14(22-18-10)9-19-6-4-3-5-13(15(19)20)17-11-7-12(8-11)21-2/h11-13,17H,3-9H2,1-2H3. The molecule has 0 radical (unpaired) electrons. The molecule has 1 unspecified atom stereocenters. The molecular formula is C15H24N4O3. The lowest BCUT2D eigenvalue weighted by atomic mass is 9.88. The summed E-state index contributed by atoms with van der Waals surface area (Å²) < 4.78 is 10.4. The Balaban J connectivity index is 1.58. The average Bonchev–Trinajstić information content (AvgIpc) is 2.79. The lowest BCUT2D eigenvalue weighted by Crippen LogP contribution is -2.54. The first kappa shape index (κ1) is 15.4. The van der Waals surface area contributed by atoms with Crippen molar-refractivity contribution in [3.05, 3.63) is 11.7 Å². The Labute approximate surface area is 130 Å². The summed E-state index contributed by atoms with van der Waals surface area (Å²) in [5.74, 6) is 1.26. The summed E-state index contributed by atoms with van der Waals surface area (Å²) in [6.07, 6.45) is 5.29. The maximum absolute atomic E-state index is 12.7. The molecule has 3 rings (SSSR count). The van der Waals surface area contributed by atoms with Gasteiger partial charge >= 0.3 is 0 Å². The van der Waals surface area contributed by atoms with Crippen molar-refractivity contribution in [1.29, 1.82) is 0 Å². The monoisotopic (exact) mass is 308 g/mol. The van der Waals surface area contributed by atoms with Crippen LogP contribution in [0.5, 0.6) is 0 Å². The van der Waals surface area contributed by atoms with Gasteiger partial charge in [0.15, 0.2) is 5.82 Å². The van der Waals surface area contributed by atoms with E-state index in [2.05, 4.69) is 15.5 Å². The number of nitrogens with zero attached hydrogens (tertiary/aromatic N) is 3. The molecule has 1 saturated carbocycles. The van der Waals surface area contributed by atoms with Gasteiger partial charge < -0.3 is 19.5 Å². The molecule has 7 nitrogen and oxygen atoms in total. The average molecular weight is 308 g/mol. The number of hydrogen-bond donors (Lipinski definition) is 1. The molecule has 1 amide bonds. The van der Waals surface area contributed by atoms with E-state index >= 15 is 0 Å². The summed E-state index contributed by atoms with van der Waals surface area (Å²) in [4.78, 5) is 18.8. The van der Waals surface area contributed by atoms with Crippen molar-refractivity contribution in [1.82, 2.24) is 20.4 Å². The Kier molecular flexibility index (Phi) is 4.73. The van der Waals surface area contributed by atoms with E-state index in [0.717, 1.165) is 38.6 Å². The number of rotatable bonds is 5. The maximum Gasteiger partial charge on any atom is 0.246 e. The smallest absolute Gasteiger partial charge is 0.246 e. The zero-order valence-electron chi connectivity index (χ0n) is 13.2. The van der Waals surface area contributed by atoms with Crippen LogP contribution in [0.25, 0.3) is 0 Å². The molecule has 0 bridgehead atoms. The largest absolute Gasteiger partial charge is 0.381 e. The number of aryl methyl sites for hydroxylation is 1. The summed E-state index contributed by atoms with van der Waals surface area (Å²) in [7, 11) is 1.74. The third kappa shape index (κ3) is 3.47. The fraction of sp³-hybridized carbons (Fsp3) is 0.800. The van der Waals surface area contributed by atoms with Gasteiger partial charge in [-0.1, -0.05) is 5.16 Å². The number of ether oxygens (including phenoxy) is 1. The molecule has 2 fully saturated rings. The van der Waals surface area contributed by atoms with E-state index in [1.807, 2.05) is 4.90 Å². The van der Waals surface area contributed by atoms with Crippen molar-refractivity contribution in [2.75, 3.05) is 13.7 Å². The normalized spacial score (nSPS) is 29.3. The van der Waals surface area contributed by atoms with Gasteiger partial charge in [-0.05, 0) is 39.0 Å². The zero-order chi connectivity index (χ0) is 15.5. The predicted octanol–water partition coefficient (Wildman–Crippen LogP) is 1.03. The SMILES string of the molecule is COC1CC(NC2CCCCN(Cc3nc(C)no3)C2=O)C1. The van der Waals surface area contributed by atoms with E-state index in [4.69, 9.17) is 9.26 Å². The van der Waals surface area contributed by atoms with Crippen LogP contribution in [-0.2, 0) is 16.1 Å². The van der Waals surface area contributed by atoms with Crippen LogP contribution in [0.1, 0.15) is 43.8 Å². The Morgan fingerprint density at radius 3 is 2.91 bits per heavy atom. The summed E-state index contributed by atoms with van der Waals surface area (Å²) in [6, 6.07) is 0.291. The first-order valence-corrected chi connectivity index (χ1v) is 8.02. The lowest BCUT2D eigenvalue weighted by molar-refractivity contribution is -0.134. The summed E-state index contributed by atoms with van der Waals surface area (Å²) >= 11 is 0. The fourth-order valence-corrected chi connectivity index (χ4v) is 3.16. The van der Waals surface area contributed by atoms with Crippen LogP contribution in [0.2, 0.25) is 0 Å². The van der Waals surface area contributed by atoms with Crippen molar-refractivity contribution < 1.29 is 14.1 Å². The highest BCUT2D eigenvalue weighted by Gasteiger charge is 2.35. The van der Waals surface area contributed by atoms with Crippen LogP contribution in [0, 0.1) is 6.92 Å². The van der Waals surface area contributed by atoms with Gasteiger partial charge in [-0.3, -0.25) is 4.79 Å². The van der Waals surface area contributed by atoms with Gasteiger partial charge in [0.2, 0.25) is 11.8 Å². The highest BCUT2D eigenvalue weighted by Crippen LogP contribution is 2.24. The number of hydrogen-bond acceptors (Lipinski definition) is 6. The summed E-state index contributed by atoms with van der Waals surface area (Å²) in [5.41, 5.74) is 0. The molecule has 1 aliphatic carbocycles. The molecule has 122 valence electrons. The molecule has 22 heavy (non-hydrogen) atoms. The van der Waals surface area contributed by atoms with Crippen LogP contribution in [0.15, 0.2) is 4.52 Å². The summed E-state index contributed by atoms with van der Waals surface area (Å²) in [5, 5.41) is 7.28. The third-order valence-electron chi connectivity index (χ3n) is 4.54. The van der Waals surface area contributed by atoms with E-state index < -0.39 is 0 Å². The molecule has 1 aromatic rings. The molecule has 1 saturated heterocycles. The van der Waals surface area contributed by atoms with Crippen LogP contribution >= 0.6 is 0 Å². The Hall–Kier alpha value is -1.47. The van der Waals surface area contributed by atoms with E-state index in [9.17, 15) is 4.79 Å². The van der Waals surface area contributed by atoms with Crippen molar-refractivity contribution in [2.24, 2.45) is 0 Å². The van der Waals surface area contributed by atoms with Crippen LogP contribution in [-0.4, -0.2) is 52.8 Å². The van der Waals surface area contributed by atoms with E-state index in [-0.39, 0.29) is 11.9 Å². The van der Waals surface area contributed by atoms with Crippen LogP contribution < -0.4 is 5.32 Å². The van der Waals surface area contributed by atoms with E-state index in [0.29, 0.717) is 30.4 Å². The molecular weight excluding hydrogens is 284 g/mol. The van der Waals surface area contributed by atoms with Gasteiger partial charge in [0, 0.05) is 19.7 Å². The van der Waals surface area contributed by atoms with Crippen LogP contribution in [0.3, 0.4) is 0 Å². The maximum atomic E-state index is 12.7. The molecule has 1 atom stereocenters. The van der Waals surface area contributed by atoms with Gasteiger partial charge in [0.1, 0.15) is 6.54 Å². The molecule has 1 aromatic heterocycles. The Morgan fingerprint density at radius 2 is 2.23 bits per heavy atom. The third-order valence-corrected chi connectivity index (χ3v) is 4.54. The zero-order valence-corrected chi connectivity index (χ0v) is 13.2. The molecule has 1 N–H and O–H groups in total. The van der Waals surface area contributed by atoms with Crippen LogP contribution in [0.4, 0.5) is 0 Å². The minimum atomic E-state index is -0.102. The van der Waals surface area contributed by atoms with Gasteiger partial charge in [0.25, 0.3) is 0 Å². The highest BCUT2D eigenvalue weighted by atomic mass is 16.5. The van der Waals surface area contributed by atoms with Gasteiger partial charge in [-0.15, -0.1) is 0 Å². The molecule has 2 heterocycles. The Morgan fingerprint density at radius 1 is 1.41 bits per heavy atom. The van der Waals surface area contributed by atoms with Gasteiger partial charge in [0.05, 0.1) is 12.1 Å². The van der Waals surface area contributed by atoms with Gasteiger partial charge in [-0.25, -0.2) is 0 Å². The molecule has 7 heteroatoms. The second-order valence-electron chi connectivity index (χ2n) is 6.24. The number of carbonyl (C=O) groups is 1. The number of aromatic nitrogens is 2. The van der Waals surface area contributed by atoms with Crippen molar-refractivity contribution in [2.45, 2.75) is 63.8 Å². The number of likely N-dealkylation sites (tertiary alicyclic amines) is 1. The van der Waals surface area contributed by atoms with E-state index in [1.165, 1.54) is 0 Å².